The van der Waals surface area contributed by atoms with Crippen molar-refractivity contribution < 1.29 is 4.74 Å². The molecule has 48 valence electrons. The van der Waals surface area contributed by atoms with Crippen molar-refractivity contribution in [3.63, 3.8) is 0 Å². The van der Waals surface area contributed by atoms with Gasteiger partial charge in [0.25, 0.3) is 0 Å². The van der Waals surface area contributed by atoms with Gasteiger partial charge >= 0.3 is 0 Å². The van der Waals surface area contributed by atoms with Gasteiger partial charge in [0.15, 0.2) is 0 Å². The van der Waals surface area contributed by atoms with Crippen molar-refractivity contribution in [2.75, 3.05) is 0 Å². The van der Waals surface area contributed by atoms with Crippen LogP contribution in [0.15, 0.2) is 0 Å². The summed E-state index contributed by atoms with van der Waals surface area (Å²) >= 11 is 0. The molecule has 2 heteroatoms. The Labute approximate surface area is 54.4 Å². The van der Waals surface area contributed by atoms with Crippen LogP contribution in [-0.4, -0.2) is 12.2 Å². The zero-order valence-corrected chi connectivity index (χ0v) is 5.21. The fraction of sp³-hybridized carbons (Fsp3) is 0.857. The molecular weight excluding hydrogens is 114 g/mol. The van der Waals surface area contributed by atoms with E-state index < -0.39 is 0 Å². The molecule has 0 bridgehead atoms. The van der Waals surface area contributed by atoms with Gasteiger partial charge in [-0.1, -0.05) is 0 Å². The minimum absolute atomic E-state index is 0.212. The van der Waals surface area contributed by atoms with Crippen molar-refractivity contribution in [3.05, 3.63) is 0 Å². The van der Waals surface area contributed by atoms with Crippen LogP contribution in [0.1, 0.15) is 19.3 Å². The molecule has 9 heavy (non-hydrogen) atoms. The standard InChI is InChI=1S/C7H9NO/c8-4-5-2-1-3-6-7(5)9-6/h5-7H,1-3H2/t5-,6-,7+/m1/s1. The van der Waals surface area contributed by atoms with Crippen molar-refractivity contribution in [3.8, 4) is 6.07 Å². The van der Waals surface area contributed by atoms with Crippen LogP contribution in [0, 0.1) is 17.2 Å². The highest BCUT2D eigenvalue weighted by atomic mass is 16.6. The molecule has 0 aromatic rings. The number of ether oxygens (including phenoxy) is 1. The number of hydrogen-bond donors (Lipinski definition) is 0. The van der Waals surface area contributed by atoms with Crippen molar-refractivity contribution in [1.82, 2.24) is 0 Å². The first-order valence-electron chi connectivity index (χ1n) is 3.47. The van der Waals surface area contributed by atoms with Gasteiger partial charge in [-0.15, -0.1) is 0 Å². The first-order chi connectivity index (χ1) is 4.42. The Morgan fingerprint density at radius 3 is 3.00 bits per heavy atom. The Balaban J connectivity index is 2.02. The van der Waals surface area contributed by atoms with E-state index in [-0.39, 0.29) is 5.92 Å². The summed E-state index contributed by atoms with van der Waals surface area (Å²) in [6.45, 7) is 0. The van der Waals surface area contributed by atoms with Crippen LogP contribution in [-0.2, 0) is 4.74 Å². The van der Waals surface area contributed by atoms with Crippen LogP contribution in [0.5, 0.6) is 0 Å². The summed E-state index contributed by atoms with van der Waals surface area (Å²) in [6.07, 6.45) is 4.20. The number of epoxide rings is 1. The smallest absolute Gasteiger partial charge is 0.0999 e. The molecule has 2 rings (SSSR count). The van der Waals surface area contributed by atoms with E-state index in [1.807, 2.05) is 0 Å². The molecule has 0 spiro atoms. The second kappa shape index (κ2) is 1.71. The number of hydrogen-bond acceptors (Lipinski definition) is 2. The van der Waals surface area contributed by atoms with Crippen molar-refractivity contribution in [1.29, 1.82) is 5.26 Å². The molecule has 0 unspecified atom stereocenters. The van der Waals surface area contributed by atoms with Gasteiger partial charge in [-0.3, -0.25) is 0 Å². The summed E-state index contributed by atoms with van der Waals surface area (Å²) in [7, 11) is 0. The lowest BCUT2D eigenvalue weighted by Crippen LogP contribution is -2.13. The van der Waals surface area contributed by atoms with Crippen molar-refractivity contribution >= 4 is 0 Å². The molecule has 1 aliphatic carbocycles. The quantitative estimate of drug-likeness (QED) is 0.452. The van der Waals surface area contributed by atoms with E-state index in [2.05, 4.69) is 6.07 Å². The van der Waals surface area contributed by atoms with Gasteiger partial charge in [-0.2, -0.15) is 5.26 Å². The van der Waals surface area contributed by atoms with Gasteiger partial charge in [0.05, 0.1) is 24.2 Å². The third kappa shape index (κ3) is 0.727. The fourth-order valence-electron chi connectivity index (χ4n) is 1.58. The molecular formula is C7H9NO. The summed E-state index contributed by atoms with van der Waals surface area (Å²) in [6, 6.07) is 2.27. The summed E-state index contributed by atoms with van der Waals surface area (Å²) < 4.78 is 5.26. The zero-order valence-electron chi connectivity index (χ0n) is 5.21. The largest absolute Gasteiger partial charge is 0.368 e. The highest BCUT2D eigenvalue weighted by molar-refractivity contribution is 5.03. The second-order valence-corrected chi connectivity index (χ2v) is 2.81. The predicted molar refractivity (Wildman–Crippen MR) is 31.6 cm³/mol. The first kappa shape index (κ1) is 5.25. The molecule has 0 N–H and O–H groups in total. The zero-order chi connectivity index (χ0) is 6.27. The molecule has 0 aromatic heterocycles. The number of rotatable bonds is 0. The number of fused-ring (bicyclic) bond motifs is 1. The highest BCUT2D eigenvalue weighted by Crippen LogP contribution is 2.39. The van der Waals surface area contributed by atoms with Crippen LogP contribution in [0.25, 0.3) is 0 Å². The Morgan fingerprint density at radius 2 is 2.33 bits per heavy atom. The molecule has 0 radical (unpaired) electrons. The third-order valence-corrected chi connectivity index (χ3v) is 2.19. The van der Waals surface area contributed by atoms with Crippen LogP contribution in [0.3, 0.4) is 0 Å². The minimum Gasteiger partial charge on any atom is -0.368 e. The van der Waals surface area contributed by atoms with Gasteiger partial charge < -0.3 is 4.74 Å². The maximum atomic E-state index is 8.56. The normalized spacial score (nSPS) is 47.2. The molecule has 2 aliphatic rings. The molecule has 1 heterocycles. The van der Waals surface area contributed by atoms with Crippen LogP contribution >= 0.6 is 0 Å². The molecule has 2 nitrogen and oxygen atoms in total. The van der Waals surface area contributed by atoms with E-state index >= 15 is 0 Å². The first-order valence-corrected chi connectivity index (χ1v) is 3.47. The van der Waals surface area contributed by atoms with Crippen LogP contribution < -0.4 is 0 Å². The average molecular weight is 123 g/mol. The maximum absolute atomic E-state index is 8.56. The number of nitrogens with zero attached hydrogens (tertiary/aromatic N) is 1. The summed E-state index contributed by atoms with van der Waals surface area (Å²) in [5, 5.41) is 8.56. The van der Waals surface area contributed by atoms with E-state index in [0.717, 1.165) is 6.42 Å². The molecule has 1 saturated heterocycles. The lowest BCUT2D eigenvalue weighted by Gasteiger charge is -2.08. The summed E-state index contributed by atoms with van der Waals surface area (Å²) in [4.78, 5) is 0. The lowest BCUT2D eigenvalue weighted by molar-refractivity contribution is 0.354. The minimum atomic E-state index is 0.212. The van der Waals surface area contributed by atoms with E-state index in [1.165, 1.54) is 12.8 Å². The monoisotopic (exact) mass is 123 g/mol. The lowest BCUT2D eigenvalue weighted by atomic mass is 9.91. The molecule has 0 aromatic carbocycles. The van der Waals surface area contributed by atoms with Gasteiger partial charge in [0.1, 0.15) is 0 Å². The summed E-state index contributed by atoms with van der Waals surface area (Å²) in [5.74, 6) is 0.212. The predicted octanol–water partition coefficient (Wildman–Crippen LogP) is 1.08. The van der Waals surface area contributed by atoms with Crippen molar-refractivity contribution in [2.24, 2.45) is 5.92 Å². The Bertz CT molecular complexity index is 161. The SMILES string of the molecule is N#C[C@H]1CCC[C@H]2O[C@@H]12. The van der Waals surface area contributed by atoms with Crippen LogP contribution in [0.2, 0.25) is 0 Å². The molecule has 1 saturated carbocycles. The third-order valence-electron chi connectivity index (χ3n) is 2.19. The van der Waals surface area contributed by atoms with Crippen molar-refractivity contribution in [2.45, 2.75) is 31.5 Å². The van der Waals surface area contributed by atoms with E-state index in [1.54, 1.807) is 0 Å². The van der Waals surface area contributed by atoms with E-state index in [4.69, 9.17) is 10.00 Å². The van der Waals surface area contributed by atoms with Crippen LogP contribution in [0.4, 0.5) is 0 Å². The molecule has 1 aliphatic heterocycles. The Hall–Kier alpha value is -0.550. The molecule has 0 amide bonds. The summed E-state index contributed by atoms with van der Waals surface area (Å²) in [5.41, 5.74) is 0. The second-order valence-electron chi connectivity index (χ2n) is 2.81. The fourth-order valence-corrected chi connectivity index (χ4v) is 1.58. The Morgan fingerprint density at radius 1 is 1.44 bits per heavy atom. The molecule has 2 fully saturated rings. The topological polar surface area (TPSA) is 36.3 Å². The van der Waals surface area contributed by atoms with Gasteiger partial charge in [0, 0.05) is 0 Å². The highest BCUT2D eigenvalue weighted by Gasteiger charge is 2.47. The number of nitriles is 1. The van der Waals surface area contributed by atoms with E-state index in [0.29, 0.717) is 12.2 Å². The average Bonchev–Trinajstić information content (AvgIpc) is 2.64. The molecule has 3 atom stereocenters. The maximum Gasteiger partial charge on any atom is 0.0999 e. The van der Waals surface area contributed by atoms with E-state index in [9.17, 15) is 0 Å². The van der Waals surface area contributed by atoms with Gasteiger partial charge in [0.2, 0.25) is 0 Å². The Kier molecular flexibility index (Phi) is 1.000. The van der Waals surface area contributed by atoms with Gasteiger partial charge in [-0.25, -0.2) is 0 Å². The van der Waals surface area contributed by atoms with Gasteiger partial charge in [-0.05, 0) is 19.3 Å².